The summed E-state index contributed by atoms with van der Waals surface area (Å²) < 4.78 is 0. The lowest BCUT2D eigenvalue weighted by molar-refractivity contribution is -0.139. The normalized spacial score (nSPS) is 14.6. The molecule has 0 aliphatic heterocycles. The molecule has 0 fully saturated rings. The van der Waals surface area contributed by atoms with Gasteiger partial charge in [0.1, 0.15) is 0 Å². The van der Waals surface area contributed by atoms with Crippen LogP contribution in [-0.2, 0) is 9.59 Å². The smallest absolute Gasteiger partial charge is 0.303 e. The first-order valence-corrected chi connectivity index (χ1v) is 6.15. The molecule has 17 heavy (non-hydrogen) atoms. The molecule has 0 saturated carbocycles. The molecule has 0 spiro atoms. The van der Waals surface area contributed by atoms with E-state index < -0.39 is 17.4 Å². The summed E-state index contributed by atoms with van der Waals surface area (Å²) >= 11 is 0. The van der Waals surface area contributed by atoms with Crippen molar-refractivity contribution in [2.45, 2.75) is 52.0 Å². The third-order valence-corrected chi connectivity index (χ3v) is 3.04. The first kappa shape index (κ1) is 15.9. The molecule has 1 atom stereocenters. The molecule has 0 bridgehead atoms. The molecule has 100 valence electrons. The molecule has 5 nitrogen and oxygen atoms in total. The Morgan fingerprint density at radius 2 is 1.71 bits per heavy atom. The molecule has 0 aromatic rings. The van der Waals surface area contributed by atoms with Gasteiger partial charge in [-0.1, -0.05) is 13.8 Å². The van der Waals surface area contributed by atoms with E-state index >= 15 is 0 Å². The molecule has 0 heterocycles. The number of nitrogens with zero attached hydrogens (tertiary/aromatic N) is 1. The second kappa shape index (κ2) is 7.27. The van der Waals surface area contributed by atoms with E-state index in [0.29, 0.717) is 0 Å². The zero-order chi connectivity index (χ0) is 13.5. The Morgan fingerprint density at radius 3 is 2.00 bits per heavy atom. The highest BCUT2D eigenvalue weighted by molar-refractivity contribution is 5.84. The average molecular weight is 244 g/mol. The van der Waals surface area contributed by atoms with E-state index in [1.807, 2.05) is 18.7 Å². The quantitative estimate of drug-likeness (QED) is 0.638. The van der Waals surface area contributed by atoms with Crippen LogP contribution in [0.1, 0.15) is 46.5 Å². The Labute approximate surface area is 103 Å². The largest absolute Gasteiger partial charge is 0.481 e. The number of carboxylic acid groups (broad SMARTS) is 1. The number of rotatable bonds is 9. The van der Waals surface area contributed by atoms with Crippen LogP contribution in [0.4, 0.5) is 0 Å². The summed E-state index contributed by atoms with van der Waals surface area (Å²) in [5, 5.41) is 8.73. The van der Waals surface area contributed by atoms with E-state index in [4.69, 9.17) is 10.8 Å². The van der Waals surface area contributed by atoms with Crippen molar-refractivity contribution in [1.29, 1.82) is 0 Å². The lowest BCUT2D eigenvalue weighted by Crippen LogP contribution is -2.56. The number of carbonyl (C=O) groups excluding carboxylic acids is 1. The maximum Gasteiger partial charge on any atom is 0.303 e. The van der Waals surface area contributed by atoms with Gasteiger partial charge in [-0.15, -0.1) is 0 Å². The number of hydrogen-bond donors (Lipinski definition) is 2. The van der Waals surface area contributed by atoms with Crippen molar-refractivity contribution < 1.29 is 14.7 Å². The van der Waals surface area contributed by atoms with Crippen LogP contribution in [-0.4, -0.2) is 40.5 Å². The van der Waals surface area contributed by atoms with Gasteiger partial charge in [-0.05, 0) is 39.3 Å². The highest BCUT2D eigenvalue weighted by atomic mass is 16.4. The van der Waals surface area contributed by atoms with Crippen molar-refractivity contribution in [2.75, 3.05) is 13.1 Å². The molecular weight excluding hydrogens is 220 g/mol. The average Bonchev–Trinajstić information content (AvgIpc) is 2.25. The van der Waals surface area contributed by atoms with Crippen molar-refractivity contribution in [3.05, 3.63) is 0 Å². The Kier molecular flexibility index (Phi) is 6.80. The highest BCUT2D eigenvalue weighted by Crippen LogP contribution is 2.22. The van der Waals surface area contributed by atoms with Gasteiger partial charge in [-0.25, -0.2) is 0 Å². The SMILES string of the molecule is CCCN(CCC)[C@@](C)(CCC(=O)O)C(N)=O. The van der Waals surface area contributed by atoms with Gasteiger partial charge in [0.25, 0.3) is 0 Å². The summed E-state index contributed by atoms with van der Waals surface area (Å²) in [7, 11) is 0. The standard InChI is InChI=1S/C12H24N2O3/c1-4-8-14(9-5-2)12(3,11(13)17)7-6-10(15)16/h4-9H2,1-3H3,(H2,13,17)(H,15,16)/t12-/m0/s1. The van der Waals surface area contributed by atoms with Crippen LogP contribution in [0.2, 0.25) is 0 Å². The van der Waals surface area contributed by atoms with Gasteiger partial charge < -0.3 is 10.8 Å². The predicted octanol–water partition coefficient (Wildman–Crippen LogP) is 1.22. The van der Waals surface area contributed by atoms with E-state index in [1.165, 1.54) is 0 Å². The molecule has 0 aromatic heterocycles. The minimum atomic E-state index is -0.898. The summed E-state index contributed by atoms with van der Waals surface area (Å²) in [6, 6.07) is 0. The van der Waals surface area contributed by atoms with Crippen LogP contribution in [0, 0.1) is 0 Å². The molecule has 0 aliphatic rings. The van der Waals surface area contributed by atoms with Crippen LogP contribution >= 0.6 is 0 Å². The van der Waals surface area contributed by atoms with Gasteiger partial charge in [0, 0.05) is 6.42 Å². The minimum Gasteiger partial charge on any atom is -0.481 e. The fourth-order valence-electron chi connectivity index (χ4n) is 1.93. The maximum atomic E-state index is 11.6. The number of hydrogen-bond acceptors (Lipinski definition) is 3. The number of nitrogens with two attached hydrogens (primary N) is 1. The lowest BCUT2D eigenvalue weighted by Gasteiger charge is -2.38. The van der Waals surface area contributed by atoms with Gasteiger partial charge in [0.2, 0.25) is 5.91 Å². The van der Waals surface area contributed by atoms with Gasteiger partial charge in [0.15, 0.2) is 0 Å². The number of aliphatic carboxylic acids is 1. The van der Waals surface area contributed by atoms with Crippen LogP contribution in [0.25, 0.3) is 0 Å². The molecule has 0 radical (unpaired) electrons. The van der Waals surface area contributed by atoms with E-state index in [-0.39, 0.29) is 12.8 Å². The predicted molar refractivity (Wildman–Crippen MR) is 66.6 cm³/mol. The Hall–Kier alpha value is -1.10. The zero-order valence-electron chi connectivity index (χ0n) is 11.0. The topological polar surface area (TPSA) is 83.6 Å². The highest BCUT2D eigenvalue weighted by Gasteiger charge is 2.37. The van der Waals surface area contributed by atoms with E-state index in [1.54, 1.807) is 6.92 Å². The molecule has 0 aromatic carbocycles. The number of primary amides is 1. The van der Waals surface area contributed by atoms with Gasteiger partial charge in [-0.2, -0.15) is 0 Å². The summed E-state index contributed by atoms with van der Waals surface area (Å²) in [6.45, 7) is 7.31. The molecule has 1 amide bonds. The maximum absolute atomic E-state index is 11.6. The van der Waals surface area contributed by atoms with Crippen LogP contribution in [0.3, 0.4) is 0 Å². The summed E-state index contributed by atoms with van der Waals surface area (Å²) in [6.07, 6.45) is 2.05. The van der Waals surface area contributed by atoms with E-state index in [0.717, 1.165) is 25.9 Å². The third-order valence-electron chi connectivity index (χ3n) is 3.04. The number of carboxylic acids is 1. The molecule has 3 N–H and O–H groups in total. The van der Waals surface area contributed by atoms with Crippen molar-refractivity contribution in [1.82, 2.24) is 4.90 Å². The van der Waals surface area contributed by atoms with Crippen molar-refractivity contribution in [3.8, 4) is 0 Å². The second-order valence-corrected chi connectivity index (χ2v) is 4.52. The summed E-state index contributed by atoms with van der Waals surface area (Å²) in [5.74, 6) is -1.34. The Bertz CT molecular complexity index is 262. The monoisotopic (exact) mass is 244 g/mol. The van der Waals surface area contributed by atoms with Crippen LogP contribution in [0.15, 0.2) is 0 Å². The van der Waals surface area contributed by atoms with Gasteiger partial charge in [0.05, 0.1) is 5.54 Å². The Morgan fingerprint density at radius 1 is 1.24 bits per heavy atom. The first-order valence-electron chi connectivity index (χ1n) is 6.15. The molecule has 0 saturated heterocycles. The van der Waals surface area contributed by atoms with Crippen LogP contribution in [0.5, 0.6) is 0 Å². The Balaban J connectivity index is 4.85. The first-order chi connectivity index (χ1) is 7.88. The van der Waals surface area contributed by atoms with Crippen molar-refractivity contribution in [2.24, 2.45) is 5.73 Å². The molecule has 0 rings (SSSR count). The van der Waals surface area contributed by atoms with E-state index in [2.05, 4.69) is 0 Å². The summed E-state index contributed by atoms with van der Waals surface area (Å²) in [5.41, 5.74) is 4.59. The van der Waals surface area contributed by atoms with E-state index in [9.17, 15) is 9.59 Å². The molecule has 0 unspecified atom stereocenters. The van der Waals surface area contributed by atoms with Gasteiger partial charge >= 0.3 is 5.97 Å². The number of carbonyl (C=O) groups is 2. The minimum absolute atomic E-state index is 0.0383. The zero-order valence-corrected chi connectivity index (χ0v) is 11.0. The van der Waals surface area contributed by atoms with Crippen molar-refractivity contribution in [3.63, 3.8) is 0 Å². The van der Waals surface area contributed by atoms with Gasteiger partial charge in [-0.3, -0.25) is 14.5 Å². The number of amides is 1. The summed E-state index contributed by atoms with van der Waals surface area (Å²) in [4.78, 5) is 24.2. The third kappa shape index (κ3) is 4.73. The lowest BCUT2D eigenvalue weighted by atomic mass is 9.92. The second-order valence-electron chi connectivity index (χ2n) is 4.52. The van der Waals surface area contributed by atoms with Crippen molar-refractivity contribution >= 4 is 11.9 Å². The molecule has 0 aliphatic carbocycles. The fourth-order valence-corrected chi connectivity index (χ4v) is 1.93. The fraction of sp³-hybridized carbons (Fsp3) is 0.833. The molecule has 5 heteroatoms. The molecular formula is C12H24N2O3. The van der Waals surface area contributed by atoms with Crippen LogP contribution < -0.4 is 5.73 Å².